The van der Waals surface area contributed by atoms with Gasteiger partial charge < -0.3 is 19.5 Å². The smallest absolute Gasteiger partial charge is 0.321 e. The van der Waals surface area contributed by atoms with Gasteiger partial charge in [-0.15, -0.1) is 11.8 Å². The fourth-order valence-electron chi connectivity index (χ4n) is 1.81. The van der Waals surface area contributed by atoms with Crippen LogP contribution in [0.5, 0.6) is 11.5 Å². The Morgan fingerprint density at radius 3 is 2.71 bits per heavy atom. The van der Waals surface area contributed by atoms with Crippen LogP contribution in [0.25, 0.3) is 0 Å². The summed E-state index contributed by atoms with van der Waals surface area (Å²) in [6, 6.07) is 4.76. The van der Waals surface area contributed by atoms with Crippen LogP contribution in [0.2, 0.25) is 0 Å². The molecule has 1 aliphatic rings. The van der Waals surface area contributed by atoms with E-state index in [0.29, 0.717) is 31.3 Å². The minimum atomic E-state index is -0.682. The molecule has 130 valence electrons. The third kappa shape index (κ3) is 5.65. The highest BCUT2D eigenvalue weighted by molar-refractivity contribution is 8.00. The van der Waals surface area contributed by atoms with E-state index in [2.05, 4.69) is 5.32 Å². The van der Waals surface area contributed by atoms with Crippen LogP contribution in [0.15, 0.2) is 23.1 Å². The number of urea groups is 1. The molecule has 1 aliphatic heterocycles. The third-order valence-electron chi connectivity index (χ3n) is 2.82. The highest BCUT2D eigenvalue weighted by atomic mass is 32.2. The number of ether oxygens (including phenoxy) is 3. The first-order chi connectivity index (χ1) is 11.6. The number of fused-ring (bicyclic) bond motifs is 1. The lowest BCUT2D eigenvalue weighted by atomic mass is 10.3. The van der Waals surface area contributed by atoms with Crippen LogP contribution in [0.3, 0.4) is 0 Å². The van der Waals surface area contributed by atoms with Gasteiger partial charge in [-0.05, 0) is 25.1 Å². The van der Waals surface area contributed by atoms with Gasteiger partial charge in [-0.25, -0.2) is 4.79 Å². The average Bonchev–Trinajstić information content (AvgIpc) is 2.58. The van der Waals surface area contributed by atoms with Crippen LogP contribution in [0, 0.1) is 0 Å². The number of imide groups is 1. The van der Waals surface area contributed by atoms with Gasteiger partial charge in [0.1, 0.15) is 13.2 Å². The molecule has 1 aromatic rings. The van der Waals surface area contributed by atoms with Gasteiger partial charge in [0.25, 0.3) is 5.91 Å². The van der Waals surface area contributed by atoms with E-state index in [9.17, 15) is 14.4 Å². The molecule has 3 amide bonds. The van der Waals surface area contributed by atoms with Crippen molar-refractivity contribution >= 4 is 29.7 Å². The second-order valence-corrected chi connectivity index (χ2v) is 5.71. The molecule has 0 aromatic heterocycles. The van der Waals surface area contributed by atoms with Gasteiger partial charge in [-0.1, -0.05) is 0 Å². The van der Waals surface area contributed by atoms with Crippen molar-refractivity contribution in [3.05, 3.63) is 18.2 Å². The van der Waals surface area contributed by atoms with Crippen LogP contribution < -0.4 is 20.1 Å². The zero-order valence-corrected chi connectivity index (χ0v) is 13.9. The molecule has 2 N–H and O–H groups in total. The highest BCUT2D eigenvalue weighted by Crippen LogP contribution is 2.34. The average molecular weight is 354 g/mol. The van der Waals surface area contributed by atoms with Crippen LogP contribution in [0.4, 0.5) is 4.79 Å². The summed E-state index contributed by atoms with van der Waals surface area (Å²) < 4.78 is 15.7. The Hall–Kier alpha value is -2.42. The molecule has 0 unspecified atom stereocenters. The van der Waals surface area contributed by atoms with Crippen molar-refractivity contribution in [2.75, 3.05) is 32.1 Å². The number of carbonyl (C=O) groups excluding carboxylic acids is 3. The van der Waals surface area contributed by atoms with Gasteiger partial charge >= 0.3 is 12.0 Å². The number of nitrogens with one attached hydrogen (secondary N) is 2. The molecule has 24 heavy (non-hydrogen) atoms. The molecule has 0 saturated carbocycles. The molecule has 0 radical (unpaired) electrons. The summed E-state index contributed by atoms with van der Waals surface area (Å²) in [6.45, 7) is 2.62. The van der Waals surface area contributed by atoms with Gasteiger partial charge in [0, 0.05) is 11.4 Å². The zero-order chi connectivity index (χ0) is 17.4. The standard InChI is InChI=1S/C15H18N2O6S/c1-2-16-15(20)17-13(18)8-23-14(19)9-24-10-3-4-11-12(7-10)22-6-5-21-11/h3-4,7H,2,5-6,8-9H2,1H3,(H2,16,17,18,20). The second kappa shape index (κ2) is 9.02. The minimum Gasteiger partial charge on any atom is -0.486 e. The maximum absolute atomic E-state index is 11.6. The number of hydrogen-bond acceptors (Lipinski definition) is 7. The minimum absolute atomic E-state index is 0.0358. The van der Waals surface area contributed by atoms with Crippen molar-refractivity contribution in [3.63, 3.8) is 0 Å². The van der Waals surface area contributed by atoms with E-state index in [0.717, 1.165) is 4.90 Å². The molecule has 1 aromatic carbocycles. The predicted molar refractivity (Wildman–Crippen MR) is 86.3 cm³/mol. The summed E-state index contributed by atoms with van der Waals surface area (Å²) in [4.78, 5) is 35.0. The molecular formula is C15H18N2O6S. The van der Waals surface area contributed by atoms with Crippen molar-refractivity contribution in [1.29, 1.82) is 0 Å². The van der Waals surface area contributed by atoms with Gasteiger partial charge in [0.15, 0.2) is 18.1 Å². The zero-order valence-electron chi connectivity index (χ0n) is 13.1. The maximum atomic E-state index is 11.6. The number of thioether (sulfide) groups is 1. The molecule has 1 heterocycles. The summed E-state index contributed by atoms with van der Waals surface area (Å²) in [6.07, 6.45) is 0. The van der Waals surface area contributed by atoms with E-state index in [1.165, 1.54) is 11.8 Å². The summed E-state index contributed by atoms with van der Waals surface area (Å²) in [5, 5.41) is 4.44. The van der Waals surface area contributed by atoms with E-state index in [-0.39, 0.29) is 5.75 Å². The van der Waals surface area contributed by atoms with Crippen LogP contribution in [-0.2, 0) is 14.3 Å². The summed E-state index contributed by atoms with van der Waals surface area (Å²) in [5.41, 5.74) is 0. The molecule has 2 rings (SSSR count). The number of rotatable bonds is 6. The molecule has 8 nitrogen and oxygen atoms in total. The van der Waals surface area contributed by atoms with Gasteiger partial charge in [0.2, 0.25) is 0 Å². The van der Waals surface area contributed by atoms with Crippen molar-refractivity contribution in [2.45, 2.75) is 11.8 Å². The molecule has 0 fully saturated rings. The Morgan fingerprint density at radius 2 is 1.96 bits per heavy atom. The normalized spacial score (nSPS) is 12.2. The van der Waals surface area contributed by atoms with Gasteiger partial charge in [-0.3, -0.25) is 14.9 Å². The monoisotopic (exact) mass is 354 g/mol. The fraction of sp³-hybridized carbons (Fsp3) is 0.400. The van der Waals surface area contributed by atoms with Crippen molar-refractivity contribution < 1.29 is 28.6 Å². The van der Waals surface area contributed by atoms with Crippen molar-refractivity contribution in [1.82, 2.24) is 10.6 Å². The maximum Gasteiger partial charge on any atom is 0.321 e. The number of benzene rings is 1. The highest BCUT2D eigenvalue weighted by Gasteiger charge is 2.14. The number of esters is 1. The van der Waals surface area contributed by atoms with Gasteiger partial charge in [-0.2, -0.15) is 0 Å². The van der Waals surface area contributed by atoms with E-state index in [1.54, 1.807) is 19.1 Å². The lowest BCUT2D eigenvalue weighted by molar-refractivity contribution is -0.145. The van der Waals surface area contributed by atoms with Gasteiger partial charge in [0.05, 0.1) is 5.75 Å². The topological polar surface area (TPSA) is 103 Å². The lowest BCUT2D eigenvalue weighted by Gasteiger charge is -2.18. The van der Waals surface area contributed by atoms with Crippen LogP contribution in [0.1, 0.15) is 6.92 Å². The lowest BCUT2D eigenvalue weighted by Crippen LogP contribution is -2.41. The van der Waals surface area contributed by atoms with E-state index >= 15 is 0 Å². The first-order valence-electron chi connectivity index (χ1n) is 7.34. The number of hydrogen-bond donors (Lipinski definition) is 2. The van der Waals surface area contributed by atoms with E-state index in [1.807, 2.05) is 11.4 Å². The van der Waals surface area contributed by atoms with E-state index < -0.39 is 24.5 Å². The first-order valence-corrected chi connectivity index (χ1v) is 8.32. The quantitative estimate of drug-likeness (QED) is 0.579. The molecule has 0 spiro atoms. The Balaban J connectivity index is 1.71. The molecule has 0 bridgehead atoms. The first kappa shape index (κ1) is 17.9. The van der Waals surface area contributed by atoms with Crippen molar-refractivity contribution in [2.24, 2.45) is 0 Å². The summed E-state index contributed by atoms with van der Waals surface area (Å²) in [5.74, 6) is 0.115. The molecule has 0 saturated heterocycles. The summed E-state index contributed by atoms with van der Waals surface area (Å²) in [7, 11) is 0. The molecular weight excluding hydrogens is 336 g/mol. The Labute approximate surface area is 143 Å². The second-order valence-electron chi connectivity index (χ2n) is 4.66. The predicted octanol–water partition coefficient (Wildman–Crippen LogP) is 0.939. The van der Waals surface area contributed by atoms with Crippen LogP contribution >= 0.6 is 11.8 Å². The van der Waals surface area contributed by atoms with Crippen molar-refractivity contribution in [3.8, 4) is 11.5 Å². The number of amides is 3. The Morgan fingerprint density at radius 1 is 1.21 bits per heavy atom. The van der Waals surface area contributed by atoms with Crippen LogP contribution in [-0.4, -0.2) is 50.0 Å². The molecule has 0 aliphatic carbocycles. The fourth-order valence-corrected chi connectivity index (χ4v) is 2.53. The largest absolute Gasteiger partial charge is 0.486 e. The van der Waals surface area contributed by atoms with E-state index in [4.69, 9.17) is 14.2 Å². The third-order valence-corrected chi connectivity index (χ3v) is 3.79. The number of carbonyl (C=O) groups is 3. The Bertz CT molecular complexity index is 622. The molecule has 9 heteroatoms. The SMILES string of the molecule is CCNC(=O)NC(=O)COC(=O)CSc1ccc2c(c1)OCCO2. The summed E-state index contributed by atoms with van der Waals surface area (Å²) >= 11 is 1.25. The molecule has 0 atom stereocenters. The Kier molecular flexibility index (Phi) is 6.74.